The number of nitrogens with zero attached hydrogens (tertiary/aromatic N) is 1. The summed E-state index contributed by atoms with van der Waals surface area (Å²) in [4.78, 5) is 29.6. The van der Waals surface area contributed by atoms with Crippen molar-refractivity contribution in [1.82, 2.24) is 10.2 Å². The molecule has 1 fully saturated rings. The lowest BCUT2D eigenvalue weighted by atomic mass is 9.75. The van der Waals surface area contributed by atoms with Gasteiger partial charge in [0.15, 0.2) is 23.0 Å². The Morgan fingerprint density at radius 3 is 2.61 bits per heavy atom. The molecule has 2 aliphatic carbocycles. The van der Waals surface area contributed by atoms with Crippen molar-refractivity contribution < 1.29 is 48.6 Å². The largest absolute Gasteiger partial charge is 0.493 e. The van der Waals surface area contributed by atoms with Crippen molar-refractivity contribution in [2.45, 2.75) is 83.5 Å². The van der Waals surface area contributed by atoms with Crippen LogP contribution in [0, 0.1) is 17.8 Å². The highest BCUT2D eigenvalue weighted by Gasteiger charge is 2.51. The lowest BCUT2D eigenvalue weighted by Gasteiger charge is -2.41. The lowest BCUT2D eigenvalue weighted by Crippen LogP contribution is -2.56. The number of amides is 2. The van der Waals surface area contributed by atoms with Gasteiger partial charge in [-0.2, -0.15) is 0 Å². The van der Waals surface area contributed by atoms with Crippen LogP contribution in [-0.4, -0.2) is 90.0 Å². The van der Waals surface area contributed by atoms with Gasteiger partial charge >= 0.3 is 0 Å². The Bertz CT molecular complexity index is 1560. The van der Waals surface area contributed by atoms with Crippen LogP contribution in [0.4, 0.5) is 0 Å². The standard InChI is InChI=1S/C37H48N2O10/c1-20(2)24-7-5-21(3)11-29(24)46-18-32(42)39(16-22-6-8-28-30(13-22)48-19-47-28)27-15-26(37(44)38-9-10-40)33-25-12-23(17-41)14-31(45-4)35(25)49-36(33)34(27)43/h6,8,12-15,20-21,24,27,29,33-34,36,40-41,43H,5,7,9-11,16-19H2,1-4H3,(H,38,44)/t21-,24+,27+,29-,33-,34-,36-/m0/s1. The first kappa shape index (κ1) is 35.0. The number of ether oxygens (including phenoxy) is 5. The molecule has 7 atom stereocenters. The van der Waals surface area contributed by atoms with E-state index in [0.29, 0.717) is 51.9 Å². The van der Waals surface area contributed by atoms with Gasteiger partial charge < -0.3 is 49.2 Å². The van der Waals surface area contributed by atoms with E-state index in [1.807, 2.05) is 6.07 Å². The zero-order valence-electron chi connectivity index (χ0n) is 28.6. The van der Waals surface area contributed by atoms with E-state index in [4.69, 9.17) is 23.7 Å². The summed E-state index contributed by atoms with van der Waals surface area (Å²) in [5.41, 5.74) is 2.15. The first-order chi connectivity index (χ1) is 23.6. The van der Waals surface area contributed by atoms with Crippen LogP contribution in [0.5, 0.6) is 23.0 Å². The van der Waals surface area contributed by atoms with Crippen LogP contribution in [0.1, 0.15) is 62.6 Å². The van der Waals surface area contributed by atoms with E-state index < -0.39 is 30.1 Å². The van der Waals surface area contributed by atoms with Crippen molar-refractivity contribution in [3.63, 3.8) is 0 Å². The molecule has 4 N–H and O–H groups in total. The number of aliphatic hydroxyl groups is 3. The van der Waals surface area contributed by atoms with Gasteiger partial charge in [0.2, 0.25) is 18.6 Å². The number of fused-ring (bicyclic) bond motifs is 4. The van der Waals surface area contributed by atoms with E-state index in [9.17, 15) is 24.9 Å². The highest BCUT2D eigenvalue weighted by molar-refractivity contribution is 5.96. The van der Waals surface area contributed by atoms with E-state index in [2.05, 4.69) is 26.1 Å². The second-order valence-corrected chi connectivity index (χ2v) is 13.9. The number of carbonyl (C=O) groups is 2. The minimum Gasteiger partial charge on any atom is -0.493 e. The maximum Gasteiger partial charge on any atom is 0.249 e. The molecule has 2 amide bonds. The van der Waals surface area contributed by atoms with Gasteiger partial charge in [0, 0.05) is 24.2 Å². The van der Waals surface area contributed by atoms with Crippen LogP contribution in [0.2, 0.25) is 0 Å². The van der Waals surface area contributed by atoms with Crippen LogP contribution >= 0.6 is 0 Å². The topological polar surface area (TPSA) is 156 Å². The fourth-order valence-electron chi connectivity index (χ4n) is 7.78. The van der Waals surface area contributed by atoms with E-state index in [0.717, 1.165) is 24.8 Å². The highest BCUT2D eigenvalue weighted by atomic mass is 16.7. The third-order valence-electron chi connectivity index (χ3n) is 10.3. The van der Waals surface area contributed by atoms with Crippen LogP contribution in [0.15, 0.2) is 42.0 Å². The van der Waals surface area contributed by atoms with Gasteiger partial charge in [0.1, 0.15) is 18.8 Å². The molecular weight excluding hydrogens is 632 g/mol. The zero-order valence-corrected chi connectivity index (χ0v) is 28.6. The second-order valence-electron chi connectivity index (χ2n) is 13.9. The van der Waals surface area contributed by atoms with Gasteiger partial charge in [-0.25, -0.2) is 0 Å². The van der Waals surface area contributed by atoms with Gasteiger partial charge in [0.05, 0.1) is 38.4 Å². The summed E-state index contributed by atoms with van der Waals surface area (Å²) in [6, 6.07) is 7.83. The van der Waals surface area contributed by atoms with Gasteiger partial charge in [0.25, 0.3) is 0 Å². The van der Waals surface area contributed by atoms with Crippen LogP contribution < -0.4 is 24.3 Å². The summed E-state index contributed by atoms with van der Waals surface area (Å²) in [6.07, 6.45) is 2.37. The summed E-state index contributed by atoms with van der Waals surface area (Å²) in [5, 5.41) is 34.3. The minimum absolute atomic E-state index is 0.0129. The molecule has 2 aliphatic heterocycles. The monoisotopic (exact) mass is 680 g/mol. The molecule has 4 aliphatic rings. The number of carbonyl (C=O) groups excluding carboxylic acids is 2. The van der Waals surface area contributed by atoms with Gasteiger partial charge in [-0.05, 0) is 72.1 Å². The van der Waals surface area contributed by atoms with Gasteiger partial charge in [-0.15, -0.1) is 0 Å². The average Bonchev–Trinajstić information content (AvgIpc) is 3.73. The Morgan fingerprint density at radius 2 is 1.88 bits per heavy atom. The van der Waals surface area contributed by atoms with Crippen molar-refractivity contribution in [1.29, 1.82) is 0 Å². The summed E-state index contributed by atoms with van der Waals surface area (Å²) in [5.74, 6) is 1.57. The number of benzene rings is 2. The molecule has 0 radical (unpaired) electrons. The summed E-state index contributed by atoms with van der Waals surface area (Å²) < 4.78 is 29.5. The van der Waals surface area contributed by atoms with Crippen LogP contribution in [0.3, 0.4) is 0 Å². The van der Waals surface area contributed by atoms with Crippen molar-refractivity contribution in [2.24, 2.45) is 17.8 Å². The summed E-state index contributed by atoms with van der Waals surface area (Å²) in [7, 11) is 1.48. The smallest absolute Gasteiger partial charge is 0.249 e. The molecule has 266 valence electrons. The average molecular weight is 681 g/mol. The molecule has 2 aromatic carbocycles. The third kappa shape index (κ3) is 7.10. The number of methoxy groups -OCH3 is 1. The Labute approximate surface area is 286 Å². The molecule has 0 saturated heterocycles. The number of hydrogen-bond donors (Lipinski definition) is 4. The quantitative estimate of drug-likeness (QED) is 0.263. The molecular formula is C37H48N2O10. The second kappa shape index (κ2) is 15.0. The van der Waals surface area contributed by atoms with E-state index in [1.165, 1.54) is 12.0 Å². The molecule has 0 aromatic heterocycles. The fourth-order valence-corrected chi connectivity index (χ4v) is 7.78. The first-order valence-electron chi connectivity index (χ1n) is 17.2. The van der Waals surface area contributed by atoms with Crippen LogP contribution in [-0.2, 0) is 27.5 Å². The molecule has 0 bridgehead atoms. The summed E-state index contributed by atoms with van der Waals surface area (Å²) in [6.45, 7) is 6.05. The van der Waals surface area contributed by atoms with Crippen molar-refractivity contribution >= 4 is 11.8 Å². The molecule has 1 saturated carbocycles. The van der Waals surface area contributed by atoms with Crippen molar-refractivity contribution in [3.05, 3.63) is 58.7 Å². The van der Waals surface area contributed by atoms with Crippen molar-refractivity contribution in [3.8, 4) is 23.0 Å². The number of rotatable bonds is 12. The lowest BCUT2D eigenvalue weighted by molar-refractivity contribution is -0.148. The molecule has 0 unspecified atom stereocenters. The predicted molar refractivity (Wildman–Crippen MR) is 178 cm³/mol. The van der Waals surface area contributed by atoms with Crippen molar-refractivity contribution in [2.75, 3.05) is 33.7 Å². The normalized spacial score (nSPS) is 26.8. The highest BCUT2D eigenvalue weighted by Crippen LogP contribution is 2.51. The molecule has 2 heterocycles. The molecule has 2 aromatic rings. The van der Waals surface area contributed by atoms with E-state index >= 15 is 0 Å². The Balaban J connectivity index is 1.37. The van der Waals surface area contributed by atoms with Crippen LogP contribution in [0.25, 0.3) is 0 Å². The molecule has 6 rings (SSSR count). The number of nitrogens with one attached hydrogen (secondary N) is 1. The number of hydrogen-bond acceptors (Lipinski definition) is 10. The zero-order chi connectivity index (χ0) is 34.8. The predicted octanol–water partition coefficient (Wildman–Crippen LogP) is 3.05. The first-order valence-corrected chi connectivity index (χ1v) is 17.2. The number of aliphatic hydroxyl groups excluding tert-OH is 3. The SMILES string of the molecule is COc1cc(CO)cc2c1O[C@@H]1[C@@H](O)[C@H](N(Cc3ccc4c(c3)OCO4)C(=O)CO[C@H]3C[C@@H](C)CC[C@@H]3C(C)C)C=C(C(=O)NCCO)[C@H]21. The maximum atomic E-state index is 14.4. The Hall–Kier alpha value is -3.84. The van der Waals surface area contributed by atoms with Gasteiger partial charge in [-0.3, -0.25) is 9.59 Å². The maximum absolute atomic E-state index is 14.4. The molecule has 12 nitrogen and oxygen atoms in total. The fraction of sp³-hybridized carbons (Fsp3) is 0.568. The Morgan fingerprint density at radius 1 is 1.08 bits per heavy atom. The minimum atomic E-state index is -1.26. The van der Waals surface area contributed by atoms with E-state index in [-0.39, 0.29) is 57.3 Å². The van der Waals surface area contributed by atoms with Gasteiger partial charge in [-0.1, -0.05) is 33.3 Å². The Kier molecular flexibility index (Phi) is 10.7. The molecule has 12 heteroatoms. The molecule has 49 heavy (non-hydrogen) atoms. The van der Waals surface area contributed by atoms with E-state index in [1.54, 1.807) is 30.3 Å². The summed E-state index contributed by atoms with van der Waals surface area (Å²) >= 11 is 0. The third-order valence-corrected chi connectivity index (χ3v) is 10.3. The molecule has 0 spiro atoms.